The van der Waals surface area contributed by atoms with Crippen LogP contribution in [0.4, 0.5) is 0 Å². The number of hydrogen-bond donors (Lipinski definition) is 0. The van der Waals surface area contributed by atoms with Crippen molar-refractivity contribution in [3.63, 3.8) is 0 Å². The number of rotatable bonds is 4. The van der Waals surface area contributed by atoms with E-state index in [0.717, 1.165) is 5.56 Å². The zero-order chi connectivity index (χ0) is 13.8. The largest absolute Gasteiger partial charge is 0.454 e. The molecule has 2 aromatic rings. The fourth-order valence-corrected chi connectivity index (χ4v) is 1.81. The molecule has 0 bridgehead atoms. The third-order valence-corrected chi connectivity index (χ3v) is 2.96. The Bertz CT molecular complexity index is 615. The molecule has 0 aliphatic rings. The monoisotopic (exact) mass is 272 g/mol. The standard InChI is InChI=1S/C16H13ClO2/c1-11-7-9-13(10-8-11)19-12(2)16(18)14-5-3-4-6-15(14)17/h3-10H,2H2,1H3. The third-order valence-electron chi connectivity index (χ3n) is 2.63. The molecule has 3 heteroatoms. The van der Waals surface area contributed by atoms with E-state index >= 15 is 0 Å². The second kappa shape index (κ2) is 5.72. The molecule has 2 rings (SSSR count). The number of allylic oxidation sites excluding steroid dienone is 1. The Morgan fingerprint density at radius 1 is 1.11 bits per heavy atom. The zero-order valence-electron chi connectivity index (χ0n) is 10.5. The summed E-state index contributed by atoms with van der Waals surface area (Å²) in [6.07, 6.45) is 0. The van der Waals surface area contributed by atoms with Crippen LogP contribution in [-0.2, 0) is 0 Å². The summed E-state index contributed by atoms with van der Waals surface area (Å²) in [6.45, 7) is 5.64. The first-order chi connectivity index (χ1) is 9.08. The van der Waals surface area contributed by atoms with Gasteiger partial charge in [-0.1, -0.05) is 48.0 Å². The smallest absolute Gasteiger partial charge is 0.229 e. The van der Waals surface area contributed by atoms with Crippen LogP contribution in [0.2, 0.25) is 5.02 Å². The summed E-state index contributed by atoms with van der Waals surface area (Å²) >= 11 is 5.97. The maximum atomic E-state index is 12.1. The lowest BCUT2D eigenvalue weighted by Gasteiger charge is -2.09. The first-order valence-electron chi connectivity index (χ1n) is 5.80. The van der Waals surface area contributed by atoms with Crippen molar-refractivity contribution in [3.05, 3.63) is 77.0 Å². The van der Waals surface area contributed by atoms with Crippen molar-refractivity contribution in [2.45, 2.75) is 6.92 Å². The van der Waals surface area contributed by atoms with Crippen molar-refractivity contribution in [2.75, 3.05) is 0 Å². The van der Waals surface area contributed by atoms with Gasteiger partial charge in [-0.3, -0.25) is 4.79 Å². The van der Waals surface area contributed by atoms with E-state index < -0.39 is 0 Å². The molecule has 0 radical (unpaired) electrons. The van der Waals surface area contributed by atoms with Gasteiger partial charge in [0, 0.05) is 5.56 Å². The van der Waals surface area contributed by atoms with Crippen molar-refractivity contribution in [2.24, 2.45) is 0 Å². The van der Waals surface area contributed by atoms with Crippen molar-refractivity contribution in [1.82, 2.24) is 0 Å². The fourth-order valence-electron chi connectivity index (χ4n) is 1.59. The van der Waals surface area contributed by atoms with Crippen LogP contribution >= 0.6 is 11.6 Å². The van der Waals surface area contributed by atoms with E-state index in [0.29, 0.717) is 16.3 Å². The Kier molecular flexibility index (Phi) is 4.03. The molecule has 0 aromatic heterocycles. The Hall–Kier alpha value is -2.06. The van der Waals surface area contributed by atoms with Crippen LogP contribution in [0.15, 0.2) is 60.9 Å². The van der Waals surface area contributed by atoms with Crippen LogP contribution in [-0.4, -0.2) is 5.78 Å². The molecule has 0 fully saturated rings. The van der Waals surface area contributed by atoms with E-state index in [1.807, 2.05) is 19.1 Å². The maximum absolute atomic E-state index is 12.1. The average molecular weight is 273 g/mol. The summed E-state index contributed by atoms with van der Waals surface area (Å²) in [7, 11) is 0. The number of hydrogen-bond acceptors (Lipinski definition) is 2. The molecule has 0 spiro atoms. The van der Waals surface area contributed by atoms with E-state index in [1.54, 1.807) is 36.4 Å². The highest BCUT2D eigenvalue weighted by Gasteiger charge is 2.15. The molecule has 0 aliphatic heterocycles. The molecule has 96 valence electrons. The van der Waals surface area contributed by atoms with Gasteiger partial charge < -0.3 is 4.74 Å². The van der Waals surface area contributed by atoms with E-state index in [4.69, 9.17) is 16.3 Å². The molecular formula is C16H13ClO2. The van der Waals surface area contributed by atoms with E-state index in [-0.39, 0.29) is 11.5 Å². The SMILES string of the molecule is C=C(Oc1ccc(C)cc1)C(=O)c1ccccc1Cl. The summed E-state index contributed by atoms with van der Waals surface area (Å²) in [4.78, 5) is 12.1. The lowest BCUT2D eigenvalue weighted by molar-refractivity contribution is 0.0987. The molecule has 19 heavy (non-hydrogen) atoms. The molecule has 0 saturated heterocycles. The van der Waals surface area contributed by atoms with Gasteiger partial charge in [0.2, 0.25) is 5.78 Å². The highest BCUT2D eigenvalue weighted by molar-refractivity contribution is 6.34. The number of carbonyl (C=O) groups excluding carboxylic acids is 1. The lowest BCUT2D eigenvalue weighted by Crippen LogP contribution is -2.08. The Morgan fingerprint density at radius 3 is 2.37 bits per heavy atom. The normalized spacial score (nSPS) is 10.0. The summed E-state index contributed by atoms with van der Waals surface area (Å²) in [5.41, 5.74) is 1.51. The first kappa shape index (κ1) is 13.4. The summed E-state index contributed by atoms with van der Waals surface area (Å²) in [5.74, 6) is 0.319. The highest BCUT2D eigenvalue weighted by Crippen LogP contribution is 2.21. The summed E-state index contributed by atoms with van der Waals surface area (Å²) < 4.78 is 5.44. The minimum atomic E-state index is -0.314. The van der Waals surface area contributed by atoms with E-state index in [2.05, 4.69) is 6.58 Å². The lowest BCUT2D eigenvalue weighted by atomic mass is 10.1. The molecule has 0 heterocycles. The predicted molar refractivity (Wildman–Crippen MR) is 76.7 cm³/mol. The minimum Gasteiger partial charge on any atom is -0.454 e. The maximum Gasteiger partial charge on any atom is 0.229 e. The third kappa shape index (κ3) is 3.24. The van der Waals surface area contributed by atoms with Crippen molar-refractivity contribution in [3.8, 4) is 5.75 Å². The first-order valence-corrected chi connectivity index (χ1v) is 6.18. The van der Waals surface area contributed by atoms with E-state index in [9.17, 15) is 4.79 Å². The van der Waals surface area contributed by atoms with Crippen molar-refractivity contribution in [1.29, 1.82) is 0 Å². The van der Waals surface area contributed by atoms with Gasteiger partial charge >= 0.3 is 0 Å². The Balaban J connectivity index is 2.14. The minimum absolute atomic E-state index is 0.0527. The molecule has 0 saturated carbocycles. The second-order valence-electron chi connectivity index (χ2n) is 4.15. The van der Waals surface area contributed by atoms with Crippen LogP contribution in [0.1, 0.15) is 15.9 Å². The van der Waals surface area contributed by atoms with Crippen LogP contribution in [0.25, 0.3) is 0 Å². The quantitative estimate of drug-likeness (QED) is 0.468. The molecule has 0 N–H and O–H groups in total. The summed E-state index contributed by atoms with van der Waals surface area (Å²) in [5, 5.41) is 0.390. The fraction of sp³-hybridized carbons (Fsp3) is 0.0625. The van der Waals surface area contributed by atoms with Gasteiger partial charge in [0.1, 0.15) is 5.75 Å². The number of aryl methyl sites for hydroxylation is 1. The zero-order valence-corrected chi connectivity index (χ0v) is 11.3. The predicted octanol–water partition coefficient (Wildman–Crippen LogP) is 4.42. The molecular weight excluding hydrogens is 260 g/mol. The van der Waals surface area contributed by atoms with Gasteiger partial charge in [-0.25, -0.2) is 0 Å². The van der Waals surface area contributed by atoms with Crippen molar-refractivity contribution < 1.29 is 9.53 Å². The van der Waals surface area contributed by atoms with Crippen LogP contribution < -0.4 is 4.74 Å². The Labute approximate surface area is 117 Å². The van der Waals surface area contributed by atoms with Crippen molar-refractivity contribution >= 4 is 17.4 Å². The van der Waals surface area contributed by atoms with Gasteiger partial charge in [0.15, 0.2) is 5.76 Å². The number of Topliss-reactive ketones (excluding diaryl/α,β-unsaturated/α-hetero) is 1. The molecule has 0 amide bonds. The molecule has 0 aliphatic carbocycles. The van der Waals surface area contributed by atoms with Crippen LogP contribution in [0.3, 0.4) is 0 Å². The average Bonchev–Trinajstić information content (AvgIpc) is 2.41. The van der Waals surface area contributed by atoms with E-state index in [1.165, 1.54) is 0 Å². The molecule has 0 atom stereocenters. The molecule has 2 aromatic carbocycles. The number of ketones is 1. The topological polar surface area (TPSA) is 26.3 Å². The van der Waals surface area contributed by atoms with Gasteiger partial charge in [-0.15, -0.1) is 0 Å². The number of ether oxygens (including phenoxy) is 1. The number of halogens is 1. The van der Waals surface area contributed by atoms with Gasteiger partial charge in [0.05, 0.1) is 5.02 Å². The molecule has 0 unspecified atom stereocenters. The van der Waals surface area contributed by atoms with Gasteiger partial charge in [0.25, 0.3) is 0 Å². The highest BCUT2D eigenvalue weighted by atomic mass is 35.5. The molecule has 2 nitrogen and oxygen atoms in total. The van der Waals surface area contributed by atoms with Crippen LogP contribution in [0, 0.1) is 6.92 Å². The Morgan fingerprint density at radius 2 is 1.74 bits per heavy atom. The second-order valence-corrected chi connectivity index (χ2v) is 4.55. The number of benzene rings is 2. The number of carbonyl (C=O) groups is 1. The van der Waals surface area contributed by atoms with Crippen LogP contribution in [0.5, 0.6) is 5.75 Å². The van der Waals surface area contributed by atoms with Gasteiger partial charge in [-0.2, -0.15) is 0 Å². The summed E-state index contributed by atoms with van der Waals surface area (Å²) in [6, 6.07) is 14.2. The van der Waals surface area contributed by atoms with Gasteiger partial charge in [-0.05, 0) is 31.2 Å².